The second-order valence-electron chi connectivity index (χ2n) is 7.19. The third-order valence-corrected chi connectivity index (χ3v) is 6.99. The second-order valence-corrected chi connectivity index (χ2v) is 10.4. The van der Waals surface area contributed by atoms with Crippen molar-refractivity contribution in [1.82, 2.24) is 5.32 Å². The van der Waals surface area contributed by atoms with E-state index in [1.807, 2.05) is 6.92 Å². The van der Waals surface area contributed by atoms with E-state index in [0.29, 0.717) is 18.5 Å². The van der Waals surface area contributed by atoms with E-state index < -0.39 is 20.0 Å². The van der Waals surface area contributed by atoms with Crippen LogP contribution in [-0.4, -0.2) is 29.3 Å². The van der Waals surface area contributed by atoms with E-state index in [1.54, 1.807) is 42.5 Å². The lowest BCUT2D eigenvalue weighted by Gasteiger charge is -2.10. The van der Waals surface area contributed by atoms with E-state index >= 15 is 0 Å². The van der Waals surface area contributed by atoms with Crippen molar-refractivity contribution in [2.75, 3.05) is 11.3 Å². The summed E-state index contributed by atoms with van der Waals surface area (Å²) in [5.74, 6) is -0.359. The number of aryl methyl sites for hydroxylation is 1. The monoisotopic (exact) mass is 473 g/mol. The number of carbonyl (C=O) groups excluding carboxylic acids is 1. The summed E-state index contributed by atoms with van der Waals surface area (Å²) < 4.78 is 50.2. The van der Waals surface area contributed by atoms with Crippen LogP contribution in [0.4, 0.5) is 5.69 Å². The van der Waals surface area contributed by atoms with Gasteiger partial charge >= 0.3 is 0 Å². The average Bonchev–Trinajstić information content (AvgIpc) is 2.73. The van der Waals surface area contributed by atoms with Crippen LogP contribution in [-0.2, 0) is 26.5 Å². The molecule has 0 atom stereocenters. The molecule has 3 aromatic rings. The fourth-order valence-corrected chi connectivity index (χ4v) is 4.49. The number of sulfonamides is 2. The zero-order chi connectivity index (χ0) is 23.4. The molecule has 4 N–H and O–H groups in total. The molecule has 168 valence electrons. The summed E-state index contributed by atoms with van der Waals surface area (Å²) in [6, 6.07) is 18.7. The third-order valence-electron chi connectivity index (χ3n) is 4.66. The van der Waals surface area contributed by atoms with Gasteiger partial charge < -0.3 is 5.32 Å². The molecule has 0 aliphatic heterocycles. The Morgan fingerprint density at radius 2 is 1.50 bits per heavy atom. The van der Waals surface area contributed by atoms with Crippen LogP contribution in [0.15, 0.2) is 82.6 Å². The van der Waals surface area contributed by atoms with Gasteiger partial charge in [-0.1, -0.05) is 35.9 Å². The zero-order valence-electron chi connectivity index (χ0n) is 17.3. The highest BCUT2D eigenvalue weighted by atomic mass is 32.2. The van der Waals surface area contributed by atoms with Crippen molar-refractivity contribution in [2.45, 2.75) is 23.1 Å². The minimum atomic E-state index is -3.77. The number of rotatable bonds is 8. The molecule has 0 unspecified atom stereocenters. The normalized spacial score (nSPS) is 11.7. The van der Waals surface area contributed by atoms with E-state index in [-0.39, 0.29) is 21.4 Å². The maximum absolute atomic E-state index is 12.6. The van der Waals surface area contributed by atoms with Crippen molar-refractivity contribution in [3.05, 3.63) is 89.5 Å². The van der Waals surface area contributed by atoms with E-state index in [0.717, 1.165) is 11.1 Å². The Hall–Kier alpha value is -3.21. The molecule has 0 heterocycles. The summed E-state index contributed by atoms with van der Waals surface area (Å²) in [6.45, 7) is 2.18. The first-order valence-corrected chi connectivity index (χ1v) is 12.7. The Labute approximate surface area is 187 Å². The first kappa shape index (κ1) is 23.5. The molecule has 10 heteroatoms. The molecule has 0 radical (unpaired) electrons. The van der Waals surface area contributed by atoms with Gasteiger partial charge in [0.1, 0.15) is 0 Å². The lowest BCUT2D eigenvalue weighted by atomic mass is 10.1. The summed E-state index contributed by atoms with van der Waals surface area (Å²) in [5.41, 5.74) is 2.36. The number of amides is 1. The SMILES string of the molecule is Cc1ccc(S(=O)(=O)Nc2cccc(C(=O)NCCc3ccc(S(N)(=O)=O)cc3)c2)cc1. The van der Waals surface area contributed by atoms with Crippen LogP contribution in [0.25, 0.3) is 0 Å². The van der Waals surface area contributed by atoms with Gasteiger partial charge in [-0.25, -0.2) is 22.0 Å². The number of carbonyl (C=O) groups is 1. The van der Waals surface area contributed by atoms with Crippen LogP contribution in [0.2, 0.25) is 0 Å². The molecule has 32 heavy (non-hydrogen) atoms. The highest BCUT2D eigenvalue weighted by molar-refractivity contribution is 7.92. The smallest absolute Gasteiger partial charge is 0.261 e. The van der Waals surface area contributed by atoms with Crippen LogP contribution in [0.5, 0.6) is 0 Å². The first-order valence-electron chi connectivity index (χ1n) is 9.64. The van der Waals surface area contributed by atoms with Crippen molar-refractivity contribution >= 4 is 31.6 Å². The molecule has 0 fully saturated rings. The van der Waals surface area contributed by atoms with Gasteiger partial charge in [0.2, 0.25) is 10.0 Å². The van der Waals surface area contributed by atoms with Gasteiger partial charge in [-0.15, -0.1) is 0 Å². The van der Waals surface area contributed by atoms with Crippen molar-refractivity contribution in [2.24, 2.45) is 5.14 Å². The number of benzene rings is 3. The van der Waals surface area contributed by atoms with Crippen molar-refractivity contribution < 1.29 is 21.6 Å². The van der Waals surface area contributed by atoms with E-state index in [9.17, 15) is 21.6 Å². The number of hydrogen-bond acceptors (Lipinski definition) is 5. The van der Waals surface area contributed by atoms with Gasteiger partial charge in [-0.05, 0) is 61.4 Å². The third kappa shape index (κ3) is 6.16. The van der Waals surface area contributed by atoms with E-state index in [4.69, 9.17) is 5.14 Å². The zero-order valence-corrected chi connectivity index (χ0v) is 18.9. The first-order chi connectivity index (χ1) is 15.0. The molecule has 3 aromatic carbocycles. The molecule has 0 aromatic heterocycles. The molecule has 0 saturated carbocycles. The van der Waals surface area contributed by atoms with Crippen LogP contribution < -0.4 is 15.2 Å². The van der Waals surface area contributed by atoms with Crippen molar-refractivity contribution in [1.29, 1.82) is 0 Å². The minimum absolute atomic E-state index is 0.0233. The molecule has 3 rings (SSSR count). The fourth-order valence-electron chi connectivity index (χ4n) is 2.92. The van der Waals surface area contributed by atoms with Crippen molar-refractivity contribution in [3.63, 3.8) is 0 Å². The van der Waals surface area contributed by atoms with Gasteiger partial charge in [0.05, 0.1) is 9.79 Å². The number of nitrogens with one attached hydrogen (secondary N) is 2. The van der Waals surface area contributed by atoms with Crippen LogP contribution >= 0.6 is 0 Å². The Morgan fingerprint density at radius 3 is 2.12 bits per heavy atom. The molecule has 0 saturated heterocycles. The summed E-state index contributed by atoms with van der Waals surface area (Å²) in [4.78, 5) is 12.6. The maximum Gasteiger partial charge on any atom is 0.261 e. The predicted molar refractivity (Wildman–Crippen MR) is 122 cm³/mol. The number of hydrogen-bond donors (Lipinski definition) is 3. The summed E-state index contributed by atoms with van der Waals surface area (Å²) in [5, 5.41) is 7.83. The molecule has 0 aliphatic carbocycles. The summed E-state index contributed by atoms with van der Waals surface area (Å²) >= 11 is 0. The summed E-state index contributed by atoms with van der Waals surface area (Å²) in [6.07, 6.45) is 0.483. The highest BCUT2D eigenvalue weighted by Gasteiger charge is 2.15. The molecular formula is C22H23N3O5S2. The predicted octanol–water partition coefficient (Wildman–Crippen LogP) is 2.42. The topological polar surface area (TPSA) is 135 Å². The van der Waals surface area contributed by atoms with E-state index in [2.05, 4.69) is 10.0 Å². The summed E-state index contributed by atoms with van der Waals surface area (Å²) in [7, 11) is -7.52. The Morgan fingerprint density at radius 1 is 0.875 bits per heavy atom. The Kier molecular flexibility index (Phi) is 6.97. The lowest BCUT2D eigenvalue weighted by molar-refractivity contribution is 0.0954. The van der Waals surface area contributed by atoms with Gasteiger partial charge in [-0.3, -0.25) is 9.52 Å². The van der Waals surface area contributed by atoms with Crippen molar-refractivity contribution in [3.8, 4) is 0 Å². The largest absolute Gasteiger partial charge is 0.352 e. The molecule has 1 amide bonds. The average molecular weight is 474 g/mol. The fraction of sp³-hybridized carbons (Fsp3) is 0.136. The van der Waals surface area contributed by atoms with Crippen LogP contribution in [0.1, 0.15) is 21.5 Å². The highest BCUT2D eigenvalue weighted by Crippen LogP contribution is 2.18. The number of nitrogens with two attached hydrogens (primary N) is 1. The number of anilines is 1. The van der Waals surface area contributed by atoms with E-state index in [1.165, 1.54) is 30.3 Å². The van der Waals surface area contributed by atoms with Gasteiger partial charge in [-0.2, -0.15) is 0 Å². The molecule has 0 aliphatic rings. The number of primary sulfonamides is 1. The van der Waals surface area contributed by atoms with Crippen LogP contribution in [0.3, 0.4) is 0 Å². The van der Waals surface area contributed by atoms with Gasteiger partial charge in [0, 0.05) is 17.8 Å². The molecule has 0 bridgehead atoms. The molecule has 0 spiro atoms. The van der Waals surface area contributed by atoms with Gasteiger partial charge in [0.15, 0.2) is 0 Å². The Bertz CT molecular complexity index is 1320. The quantitative estimate of drug-likeness (QED) is 0.462. The minimum Gasteiger partial charge on any atom is -0.352 e. The van der Waals surface area contributed by atoms with Gasteiger partial charge in [0.25, 0.3) is 15.9 Å². The molecular weight excluding hydrogens is 450 g/mol. The lowest BCUT2D eigenvalue weighted by Crippen LogP contribution is -2.25. The van der Waals surface area contributed by atoms with Crippen LogP contribution in [0, 0.1) is 6.92 Å². The second kappa shape index (κ2) is 9.51. The maximum atomic E-state index is 12.6. The Balaban J connectivity index is 1.61. The molecule has 8 nitrogen and oxygen atoms in total. The standard InChI is InChI=1S/C22H23N3O5S2/c1-16-5-9-21(10-6-16)32(29,30)25-19-4-2-3-18(15-19)22(26)24-14-13-17-7-11-20(12-8-17)31(23,27)28/h2-12,15,25H,13-14H2,1H3,(H,24,26)(H2,23,27,28).